The SMILES string of the molecule is O=C(C=Cc1ccc(CC2CCCO2)cc1)Nc1ccc(O)cc1C(=O)O. The van der Waals surface area contributed by atoms with Crippen molar-refractivity contribution in [3.05, 3.63) is 65.2 Å². The molecule has 6 heteroatoms. The molecule has 6 nitrogen and oxygen atoms in total. The Labute approximate surface area is 157 Å². The molecule has 0 aliphatic carbocycles. The normalized spacial score (nSPS) is 16.5. The van der Waals surface area contributed by atoms with Crippen LogP contribution in [0.4, 0.5) is 5.69 Å². The molecule has 2 aromatic rings. The summed E-state index contributed by atoms with van der Waals surface area (Å²) in [6.07, 6.45) is 6.40. The lowest BCUT2D eigenvalue weighted by Gasteiger charge is -2.09. The number of hydrogen-bond donors (Lipinski definition) is 3. The number of nitrogens with one attached hydrogen (secondary N) is 1. The second-order valence-electron chi connectivity index (χ2n) is 6.44. The Hall–Kier alpha value is -3.12. The topological polar surface area (TPSA) is 95.9 Å². The van der Waals surface area contributed by atoms with E-state index in [0.717, 1.165) is 37.5 Å². The van der Waals surface area contributed by atoms with Crippen LogP contribution in [-0.2, 0) is 16.0 Å². The fourth-order valence-electron chi connectivity index (χ4n) is 3.00. The van der Waals surface area contributed by atoms with Crippen molar-refractivity contribution < 1.29 is 24.5 Å². The molecule has 1 aliphatic heterocycles. The Morgan fingerprint density at radius 3 is 2.63 bits per heavy atom. The van der Waals surface area contributed by atoms with Gasteiger partial charge in [0.1, 0.15) is 5.75 Å². The Morgan fingerprint density at radius 1 is 1.19 bits per heavy atom. The first-order valence-electron chi connectivity index (χ1n) is 8.77. The average molecular weight is 367 g/mol. The van der Waals surface area contributed by atoms with Gasteiger partial charge in [0.05, 0.1) is 17.4 Å². The molecule has 0 bridgehead atoms. The van der Waals surface area contributed by atoms with Crippen molar-refractivity contribution in [1.82, 2.24) is 0 Å². The van der Waals surface area contributed by atoms with Crippen molar-refractivity contribution in [3.8, 4) is 5.75 Å². The number of amides is 1. The van der Waals surface area contributed by atoms with E-state index in [4.69, 9.17) is 9.84 Å². The molecule has 3 rings (SSSR count). The summed E-state index contributed by atoms with van der Waals surface area (Å²) < 4.78 is 5.63. The summed E-state index contributed by atoms with van der Waals surface area (Å²) in [5.41, 5.74) is 2.01. The molecule has 0 saturated carbocycles. The quantitative estimate of drug-likeness (QED) is 0.537. The van der Waals surface area contributed by atoms with Gasteiger partial charge in [0.2, 0.25) is 5.91 Å². The first-order valence-corrected chi connectivity index (χ1v) is 8.77. The Kier molecular flexibility index (Phi) is 5.88. The second kappa shape index (κ2) is 8.51. The number of carboxylic acid groups (broad SMARTS) is 1. The van der Waals surface area contributed by atoms with Crippen molar-refractivity contribution >= 4 is 23.6 Å². The molecule has 0 spiro atoms. The molecule has 27 heavy (non-hydrogen) atoms. The van der Waals surface area contributed by atoms with Gasteiger partial charge in [0.15, 0.2) is 0 Å². The molecule has 1 saturated heterocycles. The molecule has 140 valence electrons. The number of phenolic OH excluding ortho intramolecular Hbond substituents is 1. The van der Waals surface area contributed by atoms with Gasteiger partial charge in [0.25, 0.3) is 0 Å². The van der Waals surface area contributed by atoms with Crippen LogP contribution >= 0.6 is 0 Å². The van der Waals surface area contributed by atoms with Crippen LogP contribution in [0.15, 0.2) is 48.5 Å². The highest BCUT2D eigenvalue weighted by Gasteiger charge is 2.15. The fourth-order valence-corrected chi connectivity index (χ4v) is 3.00. The summed E-state index contributed by atoms with van der Waals surface area (Å²) in [7, 11) is 0. The lowest BCUT2D eigenvalue weighted by molar-refractivity contribution is -0.111. The van der Waals surface area contributed by atoms with Crippen LogP contribution in [0.3, 0.4) is 0 Å². The van der Waals surface area contributed by atoms with Gasteiger partial charge in [-0.1, -0.05) is 24.3 Å². The lowest BCUT2D eigenvalue weighted by atomic mass is 10.0. The third-order valence-corrected chi connectivity index (χ3v) is 4.39. The zero-order chi connectivity index (χ0) is 19.2. The van der Waals surface area contributed by atoms with Gasteiger partial charge in [-0.25, -0.2) is 4.79 Å². The molecule has 1 fully saturated rings. The number of aromatic carboxylic acids is 1. The highest BCUT2D eigenvalue weighted by molar-refractivity contribution is 6.06. The summed E-state index contributed by atoms with van der Waals surface area (Å²) in [6, 6.07) is 11.6. The van der Waals surface area contributed by atoms with Crippen molar-refractivity contribution in [2.24, 2.45) is 0 Å². The van der Waals surface area contributed by atoms with Crippen LogP contribution in [0.5, 0.6) is 5.75 Å². The maximum absolute atomic E-state index is 12.1. The second-order valence-corrected chi connectivity index (χ2v) is 6.44. The number of phenols is 1. The highest BCUT2D eigenvalue weighted by Crippen LogP contribution is 2.21. The van der Waals surface area contributed by atoms with Gasteiger partial charge in [-0.2, -0.15) is 0 Å². The molecular weight excluding hydrogens is 346 g/mol. The summed E-state index contributed by atoms with van der Waals surface area (Å²) in [5.74, 6) is -1.86. The number of carbonyl (C=O) groups is 2. The van der Waals surface area contributed by atoms with Crippen molar-refractivity contribution in [1.29, 1.82) is 0 Å². The van der Waals surface area contributed by atoms with E-state index in [-0.39, 0.29) is 17.0 Å². The van der Waals surface area contributed by atoms with E-state index < -0.39 is 11.9 Å². The molecule has 2 aromatic carbocycles. The summed E-state index contributed by atoms with van der Waals surface area (Å²) in [6.45, 7) is 0.839. The minimum atomic E-state index is -1.23. The number of hydrogen-bond acceptors (Lipinski definition) is 4. The molecule has 1 heterocycles. The van der Waals surface area contributed by atoms with Crippen LogP contribution in [0, 0.1) is 0 Å². The lowest BCUT2D eigenvalue weighted by Crippen LogP contribution is -2.11. The van der Waals surface area contributed by atoms with Crippen molar-refractivity contribution in [3.63, 3.8) is 0 Å². The molecule has 1 amide bonds. The number of carbonyl (C=O) groups excluding carboxylic acids is 1. The van der Waals surface area contributed by atoms with E-state index >= 15 is 0 Å². The number of aromatic hydroxyl groups is 1. The van der Waals surface area contributed by atoms with Crippen LogP contribution < -0.4 is 5.32 Å². The first-order chi connectivity index (χ1) is 13.0. The average Bonchev–Trinajstić information content (AvgIpc) is 3.15. The monoisotopic (exact) mass is 367 g/mol. The standard InChI is InChI=1S/C21H21NO5/c23-16-8-9-19(18(13-16)21(25)26)22-20(24)10-7-14-3-5-15(6-4-14)12-17-2-1-11-27-17/h3-10,13,17,23H,1-2,11-12H2,(H,22,24)(H,25,26). The number of anilines is 1. The largest absolute Gasteiger partial charge is 0.508 e. The molecular formula is C21H21NO5. The van der Waals surface area contributed by atoms with E-state index in [1.807, 2.05) is 24.3 Å². The predicted octanol–water partition coefficient (Wildman–Crippen LogP) is 3.46. The van der Waals surface area contributed by atoms with Crippen LogP contribution in [0.25, 0.3) is 6.08 Å². The molecule has 1 unspecified atom stereocenters. The van der Waals surface area contributed by atoms with Crippen LogP contribution in [-0.4, -0.2) is 34.8 Å². The first kappa shape index (κ1) is 18.7. The maximum Gasteiger partial charge on any atom is 0.337 e. The Bertz CT molecular complexity index is 851. The zero-order valence-corrected chi connectivity index (χ0v) is 14.7. The van der Waals surface area contributed by atoms with E-state index in [9.17, 15) is 14.7 Å². The van der Waals surface area contributed by atoms with Crippen LogP contribution in [0.1, 0.15) is 34.3 Å². The number of rotatable bonds is 6. The van der Waals surface area contributed by atoms with Gasteiger partial charge in [-0.15, -0.1) is 0 Å². The number of ether oxygens (including phenoxy) is 1. The number of benzene rings is 2. The van der Waals surface area contributed by atoms with E-state index in [2.05, 4.69) is 5.32 Å². The minimum Gasteiger partial charge on any atom is -0.508 e. The minimum absolute atomic E-state index is 0.127. The Morgan fingerprint density at radius 2 is 1.96 bits per heavy atom. The summed E-state index contributed by atoms with van der Waals surface area (Å²) in [5, 5.41) is 21.1. The van der Waals surface area contributed by atoms with Crippen molar-refractivity contribution in [2.75, 3.05) is 11.9 Å². The number of carboxylic acids is 1. The Balaban J connectivity index is 1.60. The van der Waals surface area contributed by atoms with E-state index in [1.54, 1.807) is 6.08 Å². The smallest absolute Gasteiger partial charge is 0.337 e. The molecule has 3 N–H and O–H groups in total. The highest BCUT2D eigenvalue weighted by atomic mass is 16.5. The fraction of sp³-hybridized carbons (Fsp3) is 0.238. The summed E-state index contributed by atoms with van der Waals surface area (Å²) >= 11 is 0. The third kappa shape index (κ3) is 5.18. The van der Waals surface area contributed by atoms with Gasteiger partial charge < -0.3 is 20.3 Å². The summed E-state index contributed by atoms with van der Waals surface area (Å²) in [4.78, 5) is 23.3. The third-order valence-electron chi connectivity index (χ3n) is 4.39. The van der Waals surface area contributed by atoms with Gasteiger partial charge >= 0.3 is 5.97 Å². The molecule has 1 atom stereocenters. The van der Waals surface area contributed by atoms with Gasteiger partial charge in [0, 0.05) is 12.7 Å². The van der Waals surface area contributed by atoms with Gasteiger partial charge in [-0.3, -0.25) is 4.79 Å². The molecule has 1 aliphatic rings. The van der Waals surface area contributed by atoms with E-state index in [0.29, 0.717) is 6.10 Å². The predicted molar refractivity (Wildman–Crippen MR) is 102 cm³/mol. The molecule has 0 aromatic heterocycles. The van der Waals surface area contributed by atoms with E-state index in [1.165, 1.54) is 23.8 Å². The molecule has 0 radical (unpaired) electrons. The maximum atomic E-state index is 12.1. The van der Waals surface area contributed by atoms with Crippen molar-refractivity contribution in [2.45, 2.75) is 25.4 Å². The van der Waals surface area contributed by atoms with Gasteiger partial charge in [-0.05, 0) is 54.7 Å². The zero-order valence-electron chi connectivity index (χ0n) is 14.7. The van der Waals surface area contributed by atoms with Crippen LogP contribution in [0.2, 0.25) is 0 Å².